The highest BCUT2D eigenvalue weighted by molar-refractivity contribution is 7.70. The molecule has 2 saturated heterocycles. The third kappa shape index (κ3) is 8.46. The van der Waals surface area contributed by atoms with Crippen LogP contribution < -0.4 is 26.0 Å². The third-order valence-electron chi connectivity index (χ3n) is 8.76. The van der Waals surface area contributed by atoms with Gasteiger partial charge in [-0.2, -0.15) is 13.2 Å². The van der Waals surface area contributed by atoms with Gasteiger partial charge in [-0.3, -0.25) is 9.69 Å². The van der Waals surface area contributed by atoms with E-state index in [1.165, 1.54) is 20.2 Å². The van der Waals surface area contributed by atoms with E-state index in [2.05, 4.69) is 32.7 Å². The van der Waals surface area contributed by atoms with E-state index in [1.807, 2.05) is 0 Å². The number of piperidine rings is 1. The van der Waals surface area contributed by atoms with Crippen molar-refractivity contribution in [1.82, 2.24) is 10.2 Å². The monoisotopic (exact) mass is 708 g/mol. The second-order valence-corrected chi connectivity index (χ2v) is 16.6. The number of benzene rings is 2. The summed E-state index contributed by atoms with van der Waals surface area (Å²) in [4.78, 5) is 15.0. The molecule has 48 heavy (non-hydrogen) atoms. The topological polar surface area (TPSA) is 91.9 Å². The normalized spacial score (nSPS) is 19.4. The number of nitrogens with one attached hydrogen (secondary N) is 3. The predicted molar refractivity (Wildman–Crippen MR) is 185 cm³/mol. The molecule has 3 N–H and O–H groups in total. The summed E-state index contributed by atoms with van der Waals surface area (Å²) in [5.74, 6) is 5.77. The van der Waals surface area contributed by atoms with Crippen molar-refractivity contribution in [1.29, 1.82) is 0 Å². The van der Waals surface area contributed by atoms with Crippen LogP contribution in [0.25, 0.3) is 10.1 Å². The Hall–Kier alpha value is -3.30. The molecule has 1 aromatic heterocycles. The van der Waals surface area contributed by atoms with Crippen molar-refractivity contribution in [2.75, 3.05) is 71.0 Å². The first-order chi connectivity index (χ1) is 22.8. The first kappa shape index (κ1) is 36.0. The lowest BCUT2D eigenvalue weighted by molar-refractivity contribution is -0.126. The number of carbonyl (C=O) groups is 1. The minimum absolute atomic E-state index is 0.0266. The van der Waals surface area contributed by atoms with Crippen molar-refractivity contribution in [2.45, 2.75) is 50.1 Å². The number of ether oxygens (including phenoxy) is 2. The summed E-state index contributed by atoms with van der Waals surface area (Å²) >= 11 is 1.15. The van der Waals surface area contributed by atoms with E-state index in [0.29, 0.717) is 64.7 Å². The number of nitrogens with zero attached hydrogens (tertiary/aromatic N) is 1. The Balaban J connectivity index is 1.38. The number of rotatable bonds is 9. The van der Waals surface area contributed by atoms with Crippen LogP contribution in [0.3, 0.4) is 0 Å². The smallest absolute Gasteiger partial charge is 0.393 e. The molecule has 0 saturated carbocycles. The minimum Gasteiger partial charge on any atom is -0.495 e. The standard InChI is InChI=1S/C34H41F4N4O4PS/c1-39-33(43)23-17-28(29(45-2)18-30(23)47(3,4)44)40-13-6-9-31-24(19-34(36,37)38)22-7-5-8-27(32(22)48-31)41-26-10-14-42(20-25(26)35)21-11-15-46-16-12-21/h5,7-8,17-18,21,25-26,40-41H,10-16,19-20H2,1-4H3,(H,39,43)/t25-,26+/m0/s1. The molecule has 2 aliphatic heterocycles. The van der Waals surface area contributed by atoms with E-state index in [-0.39, 0.29) is 22.5 Å². The molecule has 2 aliphatic rings. The van der Waals surface area contributed by atoms with Crippen LogP contribution in [-0.2, 0) is 15.7 Å². The van der Waals surface area contributed by atoms with Crippen LogP contribution in [-0.4, -0.2) is 95.6 Å². The number of likely N-dealkylation sites (tertiary alicyclic amines) is 1. The van der Waals surface area contributed by atoms with E-state index in [9.17, 15) is 22.5 Å². The van der Waals surface area contributed by atoms with Crippen LogP contribution in [0.4, 0.5) is 28.9 Å². The summed E-state index contributed by atoms with van der Waals surface area (Å²) in [6, 6.07) is 8.05. The molecular formula is C34H41F4N4O4PS. The fourth-order valence-electron chi connectivity index (χ4n) is 6.34. The number of hydrogen-bond donors (Lipinski definition) is 3. The number of fused-ring (bicyclic) bond motifs is 1. The van der Waals surface area contributed by atoms with Crippen LogP contribution in [0.2, 0.25) is 0 Å². The molecule has 2 aromatic carbocycles. The first-order valence-electron chi connectivity index (χ1n) is 15.8. The second-order valence-electron chi connectivity index (χ2n) is 12.4. The van der Waals surface area contributed by atoms with Crippen LogP contribution in [0.1, 0.15) is 40.1 Å². The van der Waals surface area contributed by atoms with E-state index < -0.39 is 37.9 Å². The number of alkyl halides is 4. The van der Waals surface area contributed by atoms with E-state index in [1.54, 1.807) is 37.6 Å². The highest BCUT2D eigenvalue weighted by atomic mass is 32.1. The third-order valence-corrected chi connectivity index (χ3v) is 11.5. The van der Waals surface area contributed by atoms with Crippen molar-refractivity contribution in [3.05, 3.63) is 46.3 Å². The van der Waals surface area contributed by atoms with Gasteiger partial charge in [0.15, 0.2) is 0 Å². The Labute approximate surface area is 282 Å². The van der Waals surface area contributed by atoms with Crippen LogP contribution in [0.15, 0.2) is 30.3 Å². The molecule has 2 atom stereocenters. The molecule has 0 aliphatic carbocycles. The summed E-state index contributed by atoms with van der Waals surface area (Å²) in [5, 5.41) is 9.75. The van der Waals surface area contributed by atoms with Gasteiger partial charge in [0, 0.05) is 44.7 Å². The number of amides is 1. The summed E-state index contributed by atoms with van der Waals surface area (Å²) in [6.45, 7) is 5.56. The van der Waals surface area contributed by atoms with Gasteiger partial charge in [0.25, 0.3) is 5.91 Å². The molecule has 3 aromatic rings. The second kappa shape index (κ2) is 15.1. The molecule has 0 unspecified atom stereocenters. The Kier molecular flexibility index (Phi) is 11.3. The van der Waals surface area contributed by atoms with Gasteiger partial charge in [-0.1, -0.05) is 24.0 Å². The SMILES string of the molecule is CNC(=O)c1cc(NCC#Cc2sc3c(N[C@@H]4CCN(C5CCOCC5)C[C@@H]4F)cccc3c2CC(F)(F)F)c(OC)cc1P(C)(C)=O. The zero-order chi connectivity index (χ0) is 34.6. The lowest BCUT2D eigenvalue weighted by Gasteiger charge is -2.41. The van der Waals surface area contributed by atoms with Crippen molar-refractivity contribution in [3.63, 3.8) is 0 Å². The summed E-state index contributed by atoms with van der Waals surface area (Å²) in [5.41, 5.74) is 1.32. The Morgan fingerprint density at radius 1 is 1.17 bits per heavy atom. The van der Waals surface area contributed by atoms with Crippen molar-refractivity contribution in [3.8, 4) is 17.6 Å². The number of thiophene rings is 1. The molecule has 0 bridgehead atoms. The lowest BCUT2D eigenvalue weighted by Crippen LogP contribution is -2.52. The first-order valence-corrected chi connectivity index (χ1v) is 19.3. The van der Waals surface area contributed by atoms with Gasteiger partial charge in [0.2, 0.25) is 0 Å². The molecule has 2 fully saturated rings. The molecule has 1 amide bonds. The van der Waals surface area contributed by atoms with Gasteiger partial charge >= 0.3 is 6.18 Å². The Morgan fingerprint density at radius 3 is 2.56 bits per heavy atom. The number of hydrogen-bond acceptors (Lipinski definition) is 8. The van der Waals surface area contributed by atoms with Crippen LogP contribution in [0.5, 0.6) is 5.75 Å². The average Bonchev–Trinajstić information content (AvgIpc) is 3.39. The van der Waals surface area contributed by atoms with E-state index in [0.717, 1.165) is 30.7 Å². The maximum atomic E-state index is 15.5. The highest BCUT2D eigenvalue weighted by Crippen LogP contribution is 2.41. The van der Waals surface area contributed by atoms with Gasteiger partial charge in [-0.25, -0.2) is 4.39 Å². The molecule has 8 nitrogen and oxygen atoms in total. The van der Waals surface area contributed by atoms with Crippen molar-refractivity contribution >= 4 is 51.2 Å². The molecule has 14 heteroatoms. The van der Waals surface area contributed by atoms with E-state index >= 15 is 4.39 Å². The predicted octanol–water partition coefficient (Wildman–Crippen LogP) is 6.09. The number of methoxy groups -OCH3 is 1. The van der Waals surface area contributed by atoms with Gasteiger partial charge in [0.05, 0.1) is 52.6 Å². The van der Waals surface area contributed by atoms with Gasteiger partial charge in [-0.15, -0.1) is 11.3 Å². The lowest BCUT2D eigenvalue weighted by atomic mass is 9.98. The van der Waals surface area contributed by atoms with Gasteiger partial charge < -0.3 is 30.0 Å². The maximum Gasteiger partial charge on any atom is 0.393 e. The largest absolute Gasteiger partial charge is 0.495 e. The zero-order valence-corrected chi connectivity index (χ0v) is 29.1. The minimum atomic E-state index is -4.46. The zero-order valence-electron chi connectivity index (χ0n) is 27.4. The quantitative estimate of drug-likeness (QED) is 0.141. The van der Waals surface area contributed by atoms with Crippen molar-refractivity contribution < 1.29 is 36.4 Å². The molecule has 0 spiro atoms. The Bertz CT molecular complexity index is 1740. The van der Waals surface area contributed by atoms with Gasteiger partial charge in [0.1, 0.15) is 19.1 Å². The number of halogens is 4. The maximum absolute atomic E-state index is 15.5. The number of anilines is 2. The Morgan fingerprint density at radius 2 is 1.92 bits per heavy atom. The molecule has 0 radical (unpaired) electrons. The van der Waals surface area contributed by atoms with Crippen molar-refractivity contribution in [2.24, 2.45) is 0 Å². The molecular weight excluding hydrogens is 667 g/mol. The fraction of sp³-hybridized carbons (Fsp3) is 0.500. The van der Waals surface area contributed by atoms with Crippen LogP contribution in [0, 0.1) is 11.8 Å². The van der Waals surface area contributed by atoms with Crippen LogP contribution >= 0.6 is 18.5 Å². The summed E-state index contributed by atoms with van der Waals surface area (Å²) in [7, 11) is 0.0779. The average molecular weight is 709 g/mol. The molecule has 5 rings (SSSR count). The van der Waals surface area contributed by atoms with E-state index in [4.69, 9.17) is 9.47 Å². The number of carbonyl (C=O) groups excluding carboxylic acids is 1. The highest BCUT2D eigenvalue weighted by Gasteiger charge is 2.35. The molecule has 260 valence electrons. The summed E-state index contributed by atoms with van der Waals surface area (Å²) in [6.07, 6.45) is -4.39. The van der Waals surface area contributed by atoms with Gasteiger partial charge in [-0.05, 0) is 61.7 Å². The molecule has 3 heterocycles. The fourth-order valence-corrected chi connectivity index (χ4v) is 8.68. The summed E-state index contributed by atoms with van der Waals surface area (Å²) < 4.78 is 81.2.